The fourth-order valence-electron chi connectivity index (χ4n) is 3.25. The first-order chi connectivity index (χ1) is 13.1. The number of pyridine rings is 1. The molecule has 0 radical (unpaired) electrons. The van der Waals surface area contributed by atoms with Crippen LogP contribution < -0.4 is 5.32 Å². The van der Waals surface area contributed by atoms with Crippen molar-refractivity contribution in [3.63, 3.8) is 0 Å². The SMILES string of the molecule is Cc1ccccc1Nc1c(C(=O)N2CCOCC2)cnc2ccc(F)cc12. The van der Waals surface area contributed by atoms with Crippen molar-refractivity contribution >= 4 is 28.2 Å². The summed E-state index contributed by atoms with van der Waals surface area (Å²) in [6.07, 6.45) is 1.57. The molecule has 1 saturated heterocycles. The number of carbonyl (C=O) groups is 1. The van der Waals surface area contributed by atoms with Gasteiger partial charge in [-0.3, -0.25) is 9.78 Å². The average molecular weight is 365 g/mol. The first-order valence-corrected chi connectivity index (χ1v) is 8.91. The molecule has 0 unspecified atom stereocenters. The topological polar surface area (TPSA) is 54.5 Å². The molecule has 1 amide bonds. The van der Waals surface area contributed by atoms with Crippen molar-refractivity contribution in [3.05, 3.63) is 65.6 Å². The summed E-state index contributed by atoms with van der Waals surface area (Å²) in [4.78, 5) is 19.2. The number of morpholine rings is 1. The summed E-state index contributed by atoms with van der Waals surface area (Å²) in [5, 5.41) is 3.93. The highest BCUT2D eigenvalue weighted by molar-refractivity contribution is 6.08. The Morgan fingerprint density at radius 3 is 2.74 bits per heavy atom. The first-order valence-electron chi connectivity index (χ1n) is 8.91. The lowest BCUT2D eigenvalue weighted by Gasteiger charge is -2.28. The smallest absolute Gasteiger partial charge is 0.257 e. The molecule has 1 aliphatic heterocycles. The van der Waals surface area contributed by atoms with Crippen LogP contribution >= 0.6 is 0 Å². The van der Waals surface area contributed by atoms with Gasteiger partial charge in [0.15, 0.2) is 0 Å². The molecule has 1 aromatic heterocycles. The Morgan fingerprint density at radius 2 is 1.96 bits per heavy atom. The third kappa shape index (κ3) is 3.48. The number of aryl methyl sites for hydroxylation is 1. The van der Waals surface area contributed by atoms with Gasteiger partial charge in [-0.1, -0.05) is 18.2 Å². The lowest BCUT2D eigenvalue weighted by Crippen LogP contribution is -2.41. The molecular formula is C21H20FN3O2. The summed E-state index contributed by atoms with van der Waals surface area (Å²) in [6, 6.07) is 12.2. The van der Waals surface area contributed by atoms with Crippen molar-refractivity contribution in [1.29, 1.82) is 0 Å². The summed E-state index contributed by atoms with van der Waals surface area (Å²) < 4.78 is 19.3. The third-order valence-corrected chi connectivity index (χ3v) is 4.76. The van der Waals surface area contributed by atoms with E-state index >= 15 is 0 Å². The van der Waals surface area contributed by atoms with Crippen LogP contribution in [-0.4, -0.2) is 42.1 Å². The standard InChI is InChI=1S/C21H20FN3O2/c1-14-4-2-3-5-18(14)24-20-16-12-15(22)6-7-19(16)23-13-17(20)21(26)25-8-10-27-11-9-25/h2-7,12-13H,8-11H2,1H3,(H,23,24). The molecule has 4 rings (SSSR count). The number of anilines is 2. The number of halogens is 1. The van der Waals surface area contributed by atoms with E-state index in [4.69, 9.17) is 4.74 Å². The van der Waals surface area contributed by atoms with Crippen molar-refractivity contribution in [3.8, 4) is 0 Å². The molecule has 0 spiro atoms. The Labute approximate surface area is 156 Å². The van der Waals surface area contributed by atoms with Crippen LogP contribution in [0.4, 0.5) is 15.8 Å². The number of fused-ring (bicyclic) bond motifs is 1. The Bertz CT molecular complexity index is 1000. The van der Waals surface area contributed by atoms with E-state index in [0.717, 1.165) is 11.3 Å². The van der Waals surface area contributed by atoms with Crippen molar-refractivity contribution in [1.82, 2.24) is 9.88 Å². The van der Waals surface area contributed by atoms with E-state index in [1.807, 2.05) is 31.2 Å². The molecule has 1 aliphatic rings. The zero-order valence-corrected chi connectivity index (χ0v) is 15.0. The number of carbonyl (C=O) groups excluding carboxylic acids is 1. The van der Waals surface area contributed by atoms with Gasteiger partial charge in [-0.2, -0.15) is 0 Å². The quantitative estimate of drug-likeness (QED) is 0.765. The van der Waals surface area contributed by atoms with Crippen LogP contribution in [0.5, 0.6) is 0 Å². The van der Waals surface area contributed by atoms with Gasteiger partial charge in [-0.15, -0.1) is 0 Å². The molecule has 5 nitrogen and oxygen atoms in total. The van der Waals surface area contributed by atoms with E-state index < -0.39 is 0 Å². The monoisotopic (exact) mass is 365 g/mol. The van der Waals surface area contributed by atoms with Crippen molar-refractivity contribution < 1.29 is 13.9 Å². The molecule has 0 saturated carbocycles. The Kier molecular flexibility index (Phi) is 4.73. The van der Waals surface area contributed by atoms with Gasteiger partial charge in [0, 0.05) is 30.4 Å². The number of benzene rings is 2. The van der Waals surface area contributed by atoms with E-state index in [2.05, 4.69) is 10.3 Å². The molecule has 6 heteroatoms. The first kappa shape index (κ1) is 17.4. The third-order valence-electron chi connectivity index (χ3n) is 4.76. The molecule has 0 aliphatic carbocycles. The minimum absolute atomic E-state index is 0.131. The lowest BCUT2D eigenvalue weighted by atomic mass is 10.1. The van der Waals surface area contributed by atoms with E-state index in [-0.39, 0.29) is 11.7 Å². The van der Waals surface area contributed by atoms with Gasteiger partial charge < -0.3 is 15.0 Å². The zero-order valence-electron chi connectivity index (χ0n) is 15.0. The highest BCUT2D eigenvalue weighted by Gasteiger charge is 2.23. The number of hydrogen-bond acceptors (Lipinski definition) is 4. The van der Waals surface area contributed by atoms with E-state index in [1.165, 1.54) is 12.1 Å². The summed E-state index contributed by atoms with van der Waals surface area (Å²) in [7, 11) is 0. The Balaban J connectivity index is 1.85. The number of hydrogen-bond donors (Lipinski definition) is 1. The predicted molar refractivity (Wildman–Crippen MR) is 103 cm³/mol. The lowest BCUT2D eigenvalue weighted by molar-refractivity contribution is 0.0303. The van der Waals surface area contributed by atoms with E-state index in [0.29, 0.717) is 48.5 Å². The second-order valence-corrected chi connectivity index (χ2v) is 6.55. The maximum Gasteiger partial charge on any atom is 0.257 e. The Morgan fingerprint density at radius 1 is 1.19 bits per heavy atom. The fraction of sp³-hybridized carbons (Fsp3) is 0.238. The van der Waals surface area contributed by atoms with Crippen LogP contribution in [0.1, 0.15) is 15.9 Å². The average Bonchev–Trinajstić information content (AvgIpc) is 2.70. The number of rotatable bonds is 3. The van der Waals surface area contributed by atoms with Crippen LogP contribution in [0.3, 0.4) is 0 Å². The molecule has 0 bridgehead atoms. The summed E-state index contributed by atoms with van der Waals surface area (Å²) in [5.41, 5.74) is 3.53. The molecule has 27 heavy (non-hydrogen) atoms. The molecule has 1 fully saturated rings. The maximum absolute atomic E-state index is 14.0. The number of aromatic nitrogens is 1. The second-order valence-electron chi connectivity index (χ2n) is 6.55. The number of para-hydroxylation sites is 1. The molecule has 2 aromatic carbocycles. The Hall–Kier alpha value is -2.99. The number of ether oxygens (including phenoxy) is 1. The minimum Gasteiger partial charge on any atom is -0.378 e. The maximum atomic E-state index is 14.0. The molecule has 3 aromatic rings. The fourth-order valence-corrected chi connectivity index (χ4v) is 3.25. The van der Waals surface area contributed by atoms with Crippen LogP contribution in [0.2, 0.25) is 0 Å². The zero-order chi connectivity index (χ0) is 18.8. The predicted octanol–water partition coefficient (Wildman–Crippen LogP) is 3.90. The molecule has 0 atom stereocenters. The van der Waals surface area contributed by atoms with E-state index in [9.17, 15) is 9.18 Å². The summed E-state index contributed by atoms with van der Waals surface area (Å²) in [5.74, 6) is -0.499. The van der Waals surface area contributed by atoms with Gasteiger partial charge >= 0.3 is 0 Å². The van der Waals surface area contributed by atoms with Gasteiger partial charge in [-0.05, 0) is 36.8 Å². The highest BCUT2D eigenvalue weighted by Crippen LogP contribution is 2.31. The molecule has 2 heterocycles. The van der Waals surface area contributed by atoms with Gasteiger partial charge in [0.1, 0.15) is 5.82 Å². The van der Waals surface area contributed by atoms with Crippen molar-refractivity contribution in [2.45, 2.75) is 6.92 Å². The van der Waals surface area contributed by atoms with Crippen LogP contribution in [0.15, 0.2) is 48.7 Å². The highest BCUT2D eigenvalue weighted by atomic mass is 19.1. The van der Waals surface area contributed by atoms with Gasteiger partial charge in [0.2, 0.25) is 0 Å². The number of nitrogens with zero attached hydrogens (tertiary/aromatic N) is 2. The molecular weight excluding hydrogens is 345 g/mol. The van der Waals surface area contributed by atoms with Crippen LogP contribution in [0.25, 0.3) is 10.9 Å². The van der Waals surface area contributed by atoms with Gasteiger partial charge in [-0.25, -0.2) is 4.39 Å². The number of nitrogens with one attached hydrogen (secondary N) is 1. The molecule has 1 N–H and O–H groups in total. The van der Waals surface area contributed by atoms with Crippen molar-refractivity contribution in [2.24, 2.45) is 0 Å². The van der Waals surface area contributed by atoms with Gasteiger partial charge in [0.25, 0.3) is 5.91 Å². The van der Waals surface area contributed by atoms with Crippen LogP contribution in [0, 0.1) is 12.7 Å². The summed E-state index contributed by atoms with van der Waals surface area (Å²) >= 11 is 0. The van der Waals surface area contributed by atoms with Crippen molar-refractivity contribution in [2.75, 3.05) is 31.6 Å². The van der Waals surface area contributed by atoms with E-state index in [1.54, 1.807) is 17.2 Å². The number of amides is 1. The second kappa shape index (κ2) is 7.32. The normalized spacial score (nSPS) is 14.4. The van der Waals surface area contributed by atoms with Crippen LogP contribution in [-0.2, 0) is 4.74 Å². The summed E-state index contributed by atoms with van der Waals surface area (Å²) in [6.45, 7) is 4.08. The molecule has 138 valence electrons. The van der Waals surface area contributed by atoms with Gasteiger partial charge in [0.05, 0.1) is 30.0 Å². The minimum atomic E-state index is -0.367. The largest absolute Gasteiger partial charge is 0.378 e.